The Balaban J connectivity index is 1.54. The second-order valence-electron chi connectivity index (χ2n) is 16.3. The van der Waals surface area contributed by atoms with Crippen LogP contribution in [0.1, 0.15) is 108 Å². The molecule has 0 heterocycles. The molecule has 2 aliphatic rings. The van der Waals surface area contributed by atoms with Gasteiger partial charge in [0.25, 0.3) is 0 Å². The van der Waals surface area contributed by atoms with Crippen LogP contribution in [-0.2, 0) is 21.0 Å². The van der Waals surface area contributed by atoms with E-state index in [-0.39, 0.29) is 12.7 Å². The Kier molecular flexibility index (Phi) is 9.69. The average Bonchev–Trinajstić information content (AvgIpc) is 3.65. The SMILES string of the molecule is CCC1=Cc2c(-c3ccc(C(C)(C)C)cc3)cccc2[CH]1[Zr]([Cl])([Cl])([CH]1C(C(C)C)=Cc2c(-c3ccc(C(C)C)cc3)cccc21)[SiH](C)C. The third-order valence-corrected chi connectivity index (χ3v) is 63.2. The van der Waals surface area contributed by atoms with Gasteiger partial charge in [0.2, 0.25) is 0 Å². The standard InChI is InChI=1S/2C21H23.C2H7Si.2ClH.Zr/c1-14(2)16-8-10-17(11-9-16)20-7-5-6-18-12-19(15(3)4)13-21(18)20;1-5-15-13-17-7-6-8-19(20(17)14-15)16-9-11-18(12-10-16)21(2,3)4;1-3-2;;;/h5-15H,1-4H3;6-14H,5H2,1-4H3;3H,1-2H3;2*1H;/q;;;;;+2/p-2. The summed E-state index contributed by atoms with van der Waals surface area (Å²) in [5.41, 5.74) is 16.2. The molecule has 0 N–H and O–H groups in total. The van der Waals surface area contributed by atoms with Crippen molar-refractivity contribution in [2.75, 3.05) is 0 Å². The first-order valence-electron chi connectivity index (χ1n) is 18.0. The fraction of sp³-hybridized carbons (Fsp3) is 0.364. The molecule has 48 heavy (non-hydrogen) atoms. The monoisotopic (exact) mass is 769 g/mol. The van der Waals surface area contributed by atoms with Crippen molar-refractivity contribution in [3.05, 3.63) is 129 Å². The van der Waals surface area contributed by atoms with E-state index in [0.717, 1.165) is 6.42 Å². The molecule has 0 saturated heterocycles. The van der Waals surface area contributed by atoms with Crippen molar-refractivity contribution >= 4 is 35.1 Å². The quantitative estimate of drug-likeness (QED) is 0.157. The van der Waals surface area contributed by atoms with Gasteiger partial charge >= 0.3 is 302 Å². The van der Waals surface area contributed by atoms with E-state index in [2.05, 4.69) is 166 Å². The van der Waals surface area contributed by atoms with Gasteiger partial charge in [-0.25, -0.2) is 0 Å². The van der Waals surface area contributed by atoms with Crippen molar-refractivity contribution in [3.63, 3.8) is 0 Å². The zero-order valence-electron chi connectivity index (χ0n) is 30.6. The van der Waals surface area contributed by atoms with Crippen LogP contribution in [0.4, 0.5) is 0 Å². The van der Waals surface area contributed by atoms with E-state index in [4.69, 9.17) is 17.0 Å². The molecule has 6 rings (SSSR count). The number of fused-ring (bicyclic) bond motifs is 2. The summed E-state index contributed by atoms with van der Waals surface area (Å²) in [6.45, 7) is 23.2. The third-order valence-electron chi connectivity index (χ3n) is 11.5. The van der Waals surface area contributed by atoms with E-state index < -0.39 is 21.5 Å². The van der Waals surface area contributed by atoms with Crippen LogP contribution in [0.5, 0.6) is 0 Å². The van der Waals surface area contributed by atoms with Gasteiger partial charge in [-0.2, -0.15) is 0 Å². The van der Waals surface area contributed by atoms with E-state index in [1.807, 2.05) is 0 Å². The van der Waals surface area contributed by atoms with Crippen molar-refractivity contribution in [1.82, 2.24) is 0 Å². The predicted molar refractivity (Wildman–Crippen MR) is 214 cm³/mol. The molecule has 0 aliphatic heterocycles. The normalized spacial score (nSPS) is 18.5. The summed E-state index contributed by atoms with van der Waals surface area (Å²) in [5, 5.41) is 0. The molecule has 0 spiro atoms. The maximum absolute atomic E-state index is 8.69. The van der Waals surface area contributed by atoms with Gasteiger partial charge in [0.1, 0.15) is 0 Å². The molecule has 0 fully saturated rings. The second kappa shape index (κ2) is 13.0. The van der Waals surface area contributed by atoms with Crippen LogP contribution in [0.3, 0.4) is 0 Å². The van der Waals surface area contributed by atoms with Gasteiger partial charge in [0.15, 0.2) is 0 Å². The first-order chi connectivity index (χ1) is 22.6. The summed E-state index contributed by atoms with van der Waals surface area (Å²) in [5.74, 6) is -0.781. The van der Waals surface area contributed by atoms with E-state index >= 15 is 0 Å². The number of hydrogen-bond donors (Lipinski definition) is 0. The predicted octanol–water partition coefficient (Wildman–Crippen LogP) is 14.1. The van der Waals surface area contributed by atoms with Gasteiger partial charge in [-0.15, -0.1) is 0 Å². The number of benzene rings is 4. The Hall–Kier alpha value is -1.96. The average molecular weight is 772 g/mol. The number of rotatable bonds is 8. The van der Waals surface area contributed by atoms with Crippen molar-refractivity contribution < 1.29 is 15.6 Å². The number of hydrogen-bond acceptors (Lipinski definition) is 0. The van der Waals surface area contributed by atoms with Crippen LogP contribution in [0.25, 0.3) is 34.4 Å². The maximum atomic E-state index is 8.69. The van der Waals surface area contributed by atoms with E-state index in [1.165, 1.54) is 66.8 Å². The van der Waals surface area contributed by atoms with E-state index in [1.54, 1.807) is 0 Å². The van der Waals surface area contributed by atoms with Crippen LogP contribution < -0.4 is 0 Å². The van der Waals surface area contributed by atoms with Crippen LogP contribution in [-0.4, -0.2) is 5.92 Å². The Morgan fingerprint density at radius 2 is 1.17 bits per heavy atom. The first-order valence-corrected chi connectivity index (χ1v) is 34.3. The first kappa shape index (κ1) is 35.9. The summed E-state index contributed by atoms with van der Waals surface area (Å²) >= 11 is -4.84. The van der Waals surface area contributed by atoms with Gasteiger partial charge in [0, 0.05) is 0 Å². The zero-order valence-corrected chi connectivity index (χ0v) is 35.7. The van der Waals surface area contributed by atoms with E-state index in [0.29, 0.717) is 11.8 Å². The molecule has 0 saturated carbocycles. The molecule has 251 valence electrons. The topological polar surface area (TPSA) is 0 Å². The molecule has 2 atom stereocenters. The Bertz CT molecular complexity index is 1900. The van der Waals surface area contributed by atoms with Crippen LogP contribution in [0, 0.1) is 5.92 Å². The molecule has 0 radical (unpaired) electrons. The summed E-state index contributed by atoms with van der Waals surface area (Å²) in [4.78, 5) is 0. The fourth-order valence-electron chi connectivity index (χ4n) is 8.50. The molecule has 2 unspecified atom stereocenters. The van der Waals surface area contributed by atoms with Crippen molar-refractivity contribution in [2.45, 2.75) is 93.5 Å². The van der Waals surface area contributed by atoms with Crippen LogP contribution >= 0.6 is 17.0 Å². The van der Waals surface area contributed by atoms with Gasteiger partial charge in [-0.3, -0.25) is 0 Å². The van der Waals surface area contributed by atoms with E-state index in [9.17, 15) is 0 Å². The van der Waals surface area contributed by atoms with Crippen molar-refractivity contribution in [1.29, 1.82) is 0 Å². The van der Waals surface area contributed by atoms with Gasteiger partial charge < -0.3 is 0 Å². The molecular weight excluding hydrogens is 719 g/mol. The second-order valence-corrected chi connectivity index (χ2v) is 58.8. The Labute approximate surface area is 299 Å². The summed E-state index contributed by atoms with van der Waals surface area (Å²) in [6.07, 6.45) is 5.92. The summed E-state index contributed by atoms with van der Waals surface area (Å²) < 4.78 is 0.189. The van der Waals surface area contributed by atoms with Crippen molar-refractivity contribution in [2.24, 2.45) is 5.92 Å². The molecule has 4 aromatic carbocycles. The number of allylic oxidation sites excluding steroid dienone is 2. The molecule has 0 aromatic heterocycles. The summed E-state index contributed by atoms with van der Waals surface area (Å²) in [6, 6.07) is 32.1. The minimum atomic E-state index is -4.84. The Morgan fingerprint density at radius 1 is 0.667 bits per heavy atom. The molecule has 0 bridgehead atoms. The fourth-order valence-corrected chi connectivity index (χ4v) is 40.1. The molecular formula is C44H53Cl2SiZr. The molecule has 2 aliphatic carbocycles. The van der Waals surface area contributed by atoms with Crippen LogP contribution in [0.2, 0.25) is 13.1 Å². The van der Waals surface area contributed by atoms with Gasteiger partial charge in [-0.05, 0) is 0 Å². The molecule has 0 nitrogen and oxygen atoms in total. The minimum absolute atomic E-state index is 0.0898. The molecule has 4 heteroatoms. The van der Waals surface area contributed by atoms with Crippen molar-refractivity contribution in [3.8, 4) is 22.3 Å². The zero-order chi connectivity index (χ0) is 34.8. The van der Waals surface area contributed by atoms with Crippen LogP contribution in [0.15, 0.2) is 96.1 Å². The van der Waals surface area contributed by atoms with Gasteiger partial charge in [-0.1, -0.05) is 0 Å². The summed E-state index contributed by atoms with van der Waals surface area (Å²) in [7, 11) is 17.4. The third kappa shape index (κ3) is 5.86. The van der Waals surface area contributed by atoms with Gasteiger partial charge in [0.05, 0.1) is 0 Å². The Morgan fingerprint density at radius 3 is 1.62 bits per heavy atom. The molecule has 0 amide bonds. The number of halogens is 2. The molecule has 4 aromatic rings.